The number of aromatic nitrogens is 1. The number of rotatable bonds is 4. The molecule has 0 radical (unpaired) electrons. The van der Waals surface area contributed by atoms with Gasteiger partial charge in [0.1, 0.15) is 33.6 Å². The zero-order chi connectivity index (χ0) is 26.6. The normalized spacial score (nSPS) is 19.8. The van der Waals surface area contributed by atoms with Crippen LogP contribution in [0.2, 0.25) is 5.02 Å². The van der Waals surface area contributed by atoms with Crippen molar-refractivity contribution in [3.8, 4) is 28.4 Å². The maximum Gasteiger partial charge on any atom is 0.356 e. The maximum absolute atomic E-state index is 14.3. The molecule has 2 heterocycles. The Hall–Kier alpha value is -3.98. The van der Waals surface area contributed by atoms with Crippen LogP contribution in [0.5, 0.6) is 17.2 Å². The topological polar surface area (TPSA) is 101 Å². The van der Waals surface area contributed by atoms with E-state index in [1.807, 2.05) is 0 Å². The molecule has 1 aromatic heterocycles. The van der Waals surface area contributed by atoms with Crippen molar-refractivity contribution in [2.75, 3.05) is 21.3 Å². The first-order valence-electron chi connectivity index (χ1n) is 11.3. The van der Waals surface area contributed by atoms with E-state index in [1.165, 1.54) is 57.7 Å². The third-order valence-electron chi connectivity index (χ3n) is 6.82. The van der Waals surface area contributed by atoms with E-state index in [9.17, 15) is 18.8 Å². The minimum atomic E-state index is -1.96. The minimum absolute atomic E-state index is 0.00557. The van der Waals surface area contributed by atoms with E-state index in [-0.39, 0.29) is 45.5 Å². The first-order chi connectivity index (χ1) is 17.7. The molecule has 0 saturated heterocycles. The van der Waals surface area contributed by atoms with Crippen LogP contribution >= 0.6 is 11.6 Å². The van der Waals surface area contributed by atoms with Crippen LogP contribution < -0.4 is 14.2 Å². The van der Waals surface area contributed by atoms with Gasteiger partial charge in [-0.05, 0) is 35.7 Å². The van der Waals surface area contributed by atoms with E-state index in [2.05, 4.69) is 4.98 Å². The van der Waals surface area contributed by atoms with Gasteiger partial charge in [-0.25, -0.2) is 14.2 Å². The molecule has 2 aliphatic rings. The Labute approximate surface area is 216 Å². The highest BCUT2D eigenvalue weighted by atomic mass is 35.5. The lowest BCUT2D eigenvalue weighted by molar-refractivity contribution is 0.0256. The Kier molecular flexibility index (Phi) is 5.91. The number of Topliss-reactive ketones (excluding diaryl/α,β-unsaturated/α-hetero) is 2. The Bertz CT molecular complexity index is 1490. The molecule has 10 heteroatoms. The first kappa shape index (κ1) is 24.7. The van der Waals surface area contributed by atoms with Gasteiger partial charge in [0.15, 0.2) is 5.75 Å². The van der Waals surface area contributed by atoms with Crippen LogP contribution in [-0.4, -0.2) is 49.5 Å². The van der Waals surface area contributed by atoms with Crippen molar-refractivity contribution in [2.24, 2.45) is 5.92 Å². The number of nitrogens with zero attached hydrogens (tertiary/aromatic N) is 1. The van der Waals surface area contributed by atoms with Crippen LogP contribution in [0.4, 0.5) is 4.39 Å². The van der Waals surface area contributed by atoms with Crippen LogP contribution in [-0.2, 0) is 11.2 Å². The Morgan fingerprint density at radius 2 is 1.70 bits per heavy atom. The number of hydrogen-bond donors (Lipinski definition) is 0. The molecule has 0 fully saturated rings. The fraction of sp³-hybridized carbons (Fsp3) is 0.259. The number of fused-ring (bicyclic) bond motifs is 2. The van der Waals surface area contributed by atoms with Crippen molar-refractivity contribution < 1.29 is 37.7 Å². The third-order valence-corrected chi connectivity index (χ3v) is 7.18. The lowest BCUT2D eigenvalue weighted by Gasteiger charge is -2.37. The number of halogens is 2. The van der Waals surface area contributed by atoms with Gasteiger partial charge in [0.25, 0.3) is 0 Å². The number of pyridine rings is 1. The largest absolute Gasteiger partial charge is 0.496 e. The predicted octanol–water partition coefficient (Wildman–Crippen LogP) is 4.73. The number of ketones is 2. The summed E-state index contributed by atoms with van der Waals surface area (Å²) in [6, 6.07) is 8.26. The molecule has 190 valence electrons. The van der Waals surface area contributed by atoms with E-state index in [4.69, 9.17) is 30.5 Å². The van der Waals surface area contributed by atoms with Crippen LogP contribution in [0.3, 0.4) is 0 Å². The van der Waals surface area contributed by atoms with Gasteiger partial charge in [-0.1, -0.05) is 30.7 Å². The summed E-state index contributed by atoms with van der Waals surface area (Å²) >= 11 is 6.49. The molecule has 0 bridgehead atoms. The summed E-state index contributed by atoms with van der Waals surface area (Å²) in [6.45, 7) is 1.69. The van der Waals surface area contributed by atoms with Crippen LogP contribution in [0.15, 0.2) is 36.4 Å². The van der Waals surface area contributed by atoms with Crippen molar-refractivity contribution >= 4 is 29.1 Å². The van der Waals surface area contributed by atoms with Gasteiger partial charge < -0.3 is 18.9 Å². The summed E-state index contributed by atoms with van der Waals surface area (Å²) in [5, 5.41) is 0.0345. The summed E-state index contributed by atoms with van der Waals surface area (Å²) in [5.74, 6) is -2.75. The van der Waals surface area contributed by atoms with E-state index in [0.29, 0.717) is 16.8 Å². The minimum Gasteiger partial charge on any atom is -0.496 e. The fourth-order valence-electron chi connectivity index (χ4n) is 4.98. The van der Waals surface area contributed by atoms with E-state index in [0.717, 1.165) is 0 Å². The monoisotopic (exact) mass is 525 g/mol. The van der Waals surface area contributed by atoms with Crippen LogP contribution in [0, 0.1) is 11.7 Å². The molecule has 0 unspecified atom stereocenters. The quantitative estimate of drug-likeness (QED) is 0.356. The first-order valence-corrected chi connectivity index (χ1v) is 11.7. The molecular weight excluding hydrogens is 505 g/mol. The molecule has 5 rings (SSSR count). The number of esters is 1. The van der Waals surface area contributed by atoms with Gasteiger partial charge in [-0.2, -0.15) is 0 Å². The zero-order valence-corrected chi connectivity index (χ0v) is 21.1. The van der Waals surface area contributed by atoms with E-state index < -0.39 is 34.9 Å². The van der Waals surface area contributed by atoms with Crippen molar-refractivity contribution in [3.05, 3.63) is 69.8 Å². The third kappa shape index (κ3) is 3.48. The molecule has 1 spiro atoms. The molecule has 37 heavy (non-hydrogen) atoms. The predicted molar refractivity (Wildman–Crippen MR) is 130 cm³/mol. The molecule has 2 atom stereocenters. The van der Waals surface area contributed by atoms with Gasteiger partial charge >= 0.3 is 5.97 Å². The second-order valence-corrected chi connectivity index (χ2v) is 9.15. The van der Waals surface area contributed by atoms with E-state index >= 15 is 0 Å². The number of carbonyl (C=O) groups is 3. The SMILES string of the molecule is COC(=O)c1cc(-c2ccc(F)cc2)c2c(n1)C[C@@H](C)[C@]1(Oc3c(Cl)c(OC)cc(OC)c3C1=O)C2=O. The molecule has 8 nitrogen and oxygen atoms in total. The summed E-state index contributed by atoms with van der Waals surface area (Å²) in [4.78, 5) is 45.1. The molecule has 1 aliphatic carbocycles. The standard InChI is InChI=1S/C27H21ClFNO7/c1-12-9-16-20(15(10-17(30-16)26(33)36-4)13-5-7-14(29)8-6-13)24(31)27(12)25(32)21-18(34-2)11-19(35-3)22(28)23(21)37-27/h5-8,10-12H,9H2,1-4H3/t12-,27+/m1/s1. The van der Waals surface area contributed by atoms with Crippen molar-refractivity contribution in [2.45, 2.75) is 18.9 Å². The highest BCUT2D eigenvalue weighted by molar-refractivity contribution is 6.36. The Balaban J connectivity index is 1.75. The number of hydrogen-bond acceptors (Lipinski definition) is 8. The molecular formula is C27H21ClFNO7. The summed E-state index contributed by atoms with van der Waals surface area (Å²) in [6.07, 6.45) is 0.122. The summed E-state index contributed by atoms with van der Waals surface area (Å²) < 4.78 is 35.4. The molecule has 2 aromatic carbocycles. The summed E-state index contributed by atoms with van der Waals surface area (Å²) in [7, 11) is 4.01. The van der Waals surface area contributed by atoms with Crippen LogP contribution in [0.25, 0.3) is 11.1 Å². The maximum atomic E-state index is 14.3. The highest BCUT2D eigenvalue weighted by Crippen LogP contribution is 2.54. The highest BCUT2D eigenvalue weighted by Gasteiger charge is 2.62. The number of methoxy groups -OCH3 is 3. The molecule has 0 saturated carbocycles. The number of carbonyl (C=O) groups excluding carboxylic acids is 3. The van der Waals surface area contributed by atoms with E-state index in [1.54, 1.807) is 6.92 Å². The second kappa shape index (κ2) is 8.85. The van der Waals surface area contributed by atoms with Crippen molar-refractivity contribution in [1.82, 2.24) is 4.98 Å². The lowest BCUT2D eigenvalue weighted by Crippen LogP contribution is -2.57. The zero-order valence-electron chi connectivity index (χ0n) is 20.3. The molecule has 0 N–H and O–H groups in total. The Morgan fingerprint density at radius 3 is 2.32 bits per heavy atom. The van der Waals surface area contributed by atoms with Crippen LogP contribution in [0.1, 0.15) is 43.8 Å². The van der Waals surface area contributed by atoms with Gasteiger partial charge in [-0.3, -0.25) is 9.59 Å². The smallest absolute Gasteiger partial charge is 0.356 e. The van der Waals surface area contributed by atoms with Gasteiger partial charge in [-0.15, -0.1) is 0 Å². The average Bonchev–Trinajstić information content (AvgIpc) is 3.21. The second-order valence-electron chi connectivity index (χ2n) is 8.78. The lowest BCUT2D eigenvalue weighted by atomic mass is 9.69. The summed E-state index contributed by atoms with van der Waals surface area (Å²) in [5.41, 5.74) is -0.795. The fourth-order valence-corrected chi connectivity index (χ4v) is 5.25. The number of ether oxygens (including phenoxy) is 4. The molecule has 0 amide bonds. The molecule has 1 aliphatic heterocycles. The van der Waals surface area contributed by atoms with Gasteiger partial charge in [0.2, 0.25) is 17.2 Å². The van der Waals surface area contributed by atoms with Crippen molar-refractivity contribution in [1.29, 1.82) is 0 Å². The molecule has 3 aromatic rings. The Morgan fingerprint density at radius 1 is 1.05 bits per heavy atom. The van der Waals surface area contributed by atoms with Crippen molar-refractivity contribution in [3.63, 3.8) is 0 Å². The van der Waals surface area contributed by atoms with Gasteiger partial charge in [0.05, 0.1) is 32.6 Å². The number of benzene rings is 2. The van der Waals surface area contributed by atoms with Gasteiger partial charge in [0, 0.05) is 12.0 Å². The average molecular weight is 526 g/mol.